The Labute approximate surface area is 156 Å². The van der Waals surface area contributed by atoms with Crippen LogP contribution in [0.5, 0.6) is 0 Å². The van der Waals surface area contributed by atoms with E-state index in [2.05, 4.69) is 5.32 Å². The summed E-state index contributed by atoms with van der Waals surface area (Å²) in [4.78, 5) is 26.4. The summed E-state index contributed by atoms with van der Waals surface area (Å²) in [6.07, 6.45) is 0.877. The molecule has 0 aromatic heterocycles. The molecule has 136 valence electrons. The summed E-state index contributed by atoms with van der Waals surface area (Å²) < 4.78 is 13.2. The quantitative estimate of drug-likeness (QED) is 0.861. The highest BCUT2D eigenvalue weighted by atomic mass is 32.2. The molecule has 1 atom stereocenters. The van der Waals surface area contributed by atoms with Crippen LogP contribution in [-0.2, 0) is 4.79 Å². The SMILES string of the molecule is CCCNC(=O)c1ccc(N2C(=O)CSC2c2ccc(F)cc2)c(C)c1. The van der Waals surface area contributed by atoms with Crippen molar-refractivity contribution in [2.45, 2.75) is 25.6 Å². The summed E-state index contributed by atoms with van der Waals surface area (Å²) >= 11 is 1.52. The number of anilines is 1. The van der Waals surface area contributed by atoms with Crippen molar-refractivity contribution in [1.82, 2.24) is 5.32 Å². The molecular weight excluding hydrogens is 351 g/mol. The van der Waals surface area contributed by atoms with E-state index in [4.69, 9.17) is 0 Å². The van der Waals surface area contributed by atoms with Crippen LogP contribution in [0.25, 0.3) is 0 Å². The molecule has 4 nitrogen and oxygen atoms in total. The number of hydrogen-bond acceptors (Lipinski definition) is 3. The predicted octanol–water partition coefficient (Wildman–Crippen LogP) is 4.05. The predicted molar refractivity (Wildman–Crippen MR) is 103 cm³/mol. The second-order valence-electron chi connectivity index (χ2n) is 6.24. The molecule has 0 spiro atoms. The normalized spacial score (nSPS) is 16.8. The van der Waals surface area contributed by atoms with E-state index in [0.717, 1.165) is 23.2 Å². The molecule has 0 bridgehead atoms. The van der Waals surface area contributed by atoms with Crippen LogP contribution in [0, 0.1) is 12.7 Å². The third kappa shape index (κ3) is 3.75. The summed E-state index contributed by atoms with van der Waals surface area (Å²) in [6, 6.07) is 11.6. The van der Waals surface area contributed by atoms with Crippen molar-refractivity contribution in [3.8, 4) is 0 Å². The number of nitrogens with zero attached hydrogens (tertiary/aromatic N) is 1. The highest BCUT2D eigenvalue weighted by molar-refractivity contribution is 8.00. The van der Waals surface area contributed by atoms with Crippen LogP contribution < -0.4 is 10.2 Å². The Morgan fingerprint density at radius 3 is 2.65 bits per heavy atom. The minimum Gasteiger partial charge on any atom is -0.352 e. The molecule has 1 fully saturated rings. The molecule has 1 saturated heterocycles. The smallest absolute Gasteiger partial charge is 0.251 e. The Kier molecular flexibility index (Phi) is 5.61. The fourth-order valence-corrected chi connectivity index (χ4v) is 4.14. The first-order valence-electron chi connectivity index (χ1n) is 8.59. The van der Waals surface area contributed by atoms with Crippen molar-refractivity contribution in [2.24, 2.45) is 0 Å². The standard InChI is InChI=1S/C20H21FN2O2S/c1-3-10-22-19(25)15-6-9-17(13(2)11-15)23-18(24)12-26-20(23)14-4-7-16(21)8-5-14/h4-9,11,20H,3,10,12H2,1-2H3,(H,22,25). The lowest BCUT2D eigenvalue weighted by atomic mass is 10.1. The minimum atomic E-state index is -0.298. The molecule has 1 aliphatic rings. The number of rotatable bonds is 5. The molecule has 2 amide bonds. The van der Waals surface area contributed by atoms with Crippen LogP contribution in [0.1, 0.15) is 40.2 Å². The lowest BCUT2D eigenvalue weighted by Gasteiger charge is -2.26. The Balaban J connectivity index is 1.89. The molecule has 0 saturated carbocycles. The van der Waals surface area contributed by atoms with Crippen LogP contribution >= 0.6 is 11.8 Å². The van der Waals surface area contributed by atoms with E-state index in [1.54, 1.807) is 29.2 Å². The van der Waals surface area contributed by atoms with Crippen LogP contribution in [0.2, 0.25) is 0 Å². The third-order valence-electron chi connectivity index (χ3n) is 4.28. The second kappa shape index (κ2) is 7.91. The van der Waals surface area contributed by atoms with Crippen LogP contribution in [0.15, 0.2) is 42.5 Å². The van der Waals surface area contributed by atoms with Gasteiger partial charge in [-0.25, -0.2) is 4.39 Å². The van der Waals surface area contributed by atoms with E-state index >= 15 is 0 Å². The average molecular weight is 372 g/mol. The highest BCUT2D eigenvalue weighted by Gasteiger charge is 2.34. The van der Waals surface area contributed by atoms with Crippen LogP contribution in [0.4, 0.5) is 10.1 Å². The summed E-state index contributed by atoms with van der Waals surface area (Å²) in [6.45, 7) is 4.53. The molecule has 2 aromatic carbocycles. The molecule has 2 aromatic rings. The van der Waals surface area contributed by atoms with Gasteiger partial charge in [-0.15, -0.1) is 11.8 Å². The van der Waals surface area contributed by atoms with Gasteiger partial charge in [0.25, 0.3) is 5.91 Å². The molecule has 26 heavy (non-hydrogen) atoms. The van der Waals surface area contributed by atoms with Crippen molar-refractivity contribution < 1.29 is 14.0 Å². The van der Waals surface area contributed by atoms with Gasteiger partial charge in [0, 0.05) is 17.8 Å². The Bertz CT molecular complexity index is 823. The minimum absolute atomic E-state index is 0.00982. The summed E-state index contributed by atoms with van der Waals surface area (Å²) in [5.41, 5.74) is 3.10. The van der Waals surface area contributed by atoms with Gasteiger partial charge >= 0.3 is 0 Å². The van der Waals surface area contributed by atoms with E-state index in [1.165, 1.54) is 23.9 Å². The van der Waals surface area contributed by atoms with Crippen LogP contribution in [-0.4, -0.2) is 24.1 Å². The van der Waals surface area contributed by atoms with E-state index in [-0.39, 0.29) is 23.0 Å². The first-order chi connectivity index (χ1) is 12.5. The van der Waals surface area contributed by atoms with Gasteiger partial charge in [-0.2, -0.15) is 0 Å². The van der Waals surface area contributed by atoms with Gasteiger partial charge in [0.2, 0.25) is 5.91 Å². The molecule has 0 radical (unpaired) electrons. The fraction of sp³-hybridized carbons (Fsp3) is 0.300. The van der Waals surface area contributed by atoms with Gasteiger partial charge in [-0.3, -0.25) is 14.5 Å². The molecule has 1 N–H and O–H groups in total. The highest BCUT2D eigenvalue weighted by Crippen LogP contribution is 2.42. The maximum atomic E-state index is 13.2. The lowest BCUT2D eigenvalue weighted by Crippen LogP contribution is -2.29. The Hall–Kier alpha value is -2.34. The number of nitrogens with one attached hydrogen (secondary N) is 1. The Morgan fingerprint density at radius 2 is 2.00 bits per heavy atom. The number of hydrogen-bond donors (Lipinski definition) is 1. The van der Waals surface area contributed by atoms with Crippen molar-refractivity contribution >= 4 is 29.3 Å². The summed E-state index contributed by atoms with van der Waals surface area (Å²) in [7, 11) is 0. The molecule has 1 heterocycles. The molecule has 0 aliphatic carbocycles. The second-order valence-corrected chi connectivity index (χ2v) is 7.30. The van der Waals surface area contributed by atoms with Crippen molar-refractivity contribution in [2.75, 3.05) is 17.2 Å². The number of carbonyl (C=O) groups excluding carboxylic acids is 2. The number of halogens is 1. The number of aryl methyl sites for hydroxylation is 1. The zero-order valence-corrected chi connectivity index (χ0v) is 15.6. The molecule has 6 heteroatoms. The maximum absolute atomic E-state index is 13.2. The number of carbonyl (C=O) groups is 2. The first kappa shape index (κ1) is 18.5. The molecule has 1 unspecified atom stereocenters. The van der Waals surface area contributed by atoms with Gasteiger partial charge in [-0.05, 0) is 54.8 Å². The first-order valence-corrected chi connectivity index (χ1v) is 9.64. The van der Waals surface area contributed by atoms with E-state index < -0.39 is 0 Å². The molecular formula is C20H21FN2O2S. The van der Waals surface area contributed by atoms with Gasteiger partial charge in [0.15, 0.2) is 0 Å². The monoisotopic (exact) mass is 372 g/mol. The van der Waals surface area contributed by atoms with E-state index in [1.807, 2.05) is 19.9 Å². The number of amides is 2. The van der Waals surface area contributed by atoms with Gasteiger partial charge < -0.3 is 5.32 Å². The van der Waals surface area contributed by atoms with Crippen LogP contribution in [0.3, 0.4) is 0 Å². The molecule has 3 rings (SSSR count). The van der Waals surface area contributed by atoms with Crippen molar-refractivity contribution in [1.29, 1.82) is 0 Å². The molecule has 1 aliphatic heterocycles. The number of thioether (sulfide) groups is 1. The van der Waals surface area contributed by atoms with Gasteiger partial charge in [0.1, 0.15) is 11.2 Å². The van der Waals surface area contributed by atoms with Crippen molar-refractivity contribution in [3.63, 3.8) is 0 Å². The fourth-order valence-electron chi connectivity index (χ4n) is 2.97. The van der Waals surface area contributed by atoms with Gasteiger partial charge in [-0.1, -0.05) is 19.1 Å². The van der Waals surface area contributed by atoms with Gasteiger partial charge in [0.05, 0.1) is 5.75 Å². The zero-order chi connectivity index (χ0) is 18.7. The van der Waals surface area contributed by atoms with E-state index in [0.29, 0.717) is 17.9 Å². The Morgan fingerprint density at radius 1 is 1.27 bits per heavy atom. The summed E-state index contributed by atoms with van der Waals surface area (Å²) in [5.74, 6) is -0.0252. The van der Waals surface area contributed by atoms with Crippen molar-refractivity contribution in [3.05, 3.63) is 65.0 Å². The number of benzene rings is 2. The third-order valence-corrected chi connectivity index (χ3v) is 5.49. The lowest BCUT2D eigenvalue weighted by molar-refractivity contribution is -0.115. The largest absolute Gasteiger partial charge is 0.352 e. The maximum Gasteiger partial charge on any atom is 0.251 e. The summed E-state index contributed by atoms with van der Waals surface area (Å²) in [5, 5.41) is 2.66. The topological polar surface area (TPSA) is 49.4 Å². The zero-order valence-electron chi connectivity index (χ0n) is 14.8. The average Bonchev–Trinajstić information content (AvgIpc) is 3.01. The van der Waals surface area contributed by atoms with E-state index in [9.17, 15) is 14.0 Å².